The number of fused-ring (bicyclic) bond motifs is 1. The van der Waals surface area contributed by atoms with Crippen molar-refractivity contribution >= 4 is 17.6 Å². The van der Waals surface area contributed by atoms with E-state index in [9.17, 15) is 9.59 Å². The molecule has 0 spiro atoms. The molecular weight excluding hydrogens is 260 g/mol. The van der Waals surface area contributed by atoms with Crippen LogP contribution < -0.4 is 4.90 Å². The molecule has 20 heavy (non-hydrogen) atoms. The minimum Gasteiger partial charge on any atom is -0.383 e. The second-order valence-corrected chi connectivity index (χ2v) is 4.32. The summed E-state index contributed by atoms with van der Waals surface area (Å²) in [6, 6.07) is 6.71. The molecule has 0 N–H and O–H groups in total. The quantitative estimate of drug-likeness (QED) is 0.767. The molecule has 0 radical (unpaired) electrons. The van der Waals surface area contributed by atoms with Gasteiger partial charge in [0, 0.05) is 7.11 Å². The number of amides is 2. The lowest BCUT2D eigenvalue weighted by Gasteiger charge is -2.08. The van der Waals surface area contributed by atoms with Gasteiger partial charge in [-0.3, -0.25) is 9.59 Å². The van der Waals surface area contributed by atoms with Crippen LogP contribution in [-0.4, -0.2) is 40.5 Å². The molecule has 1 aliphatic heterocycles. The summed E-state index contributed by atoms with van der Waals surface area (Å²) in [7, 11) is 1.59. The zero-order valence-electron chi connectivity index (χ0n) is 10.8. The molecule has 0 bridgehead atoms. The third kappa shape index (κ3) is 1.88. The molecular formula is C13H12N4O3. The van der Waals surface area contributed by atoms with Crippen molar-refractivity contribution in [1.82, 2.24) is 15.0 Å². The number of hydrogen-bond acceptors (Lipinski definition) is 5. The highest BCUT2D eigenvalue weighted by Crippen LogP contribution is 2.26. The lowest BCUT2D eigenvalue weighted by molar-refractivity contribution is 0.0925. The van der Waals surface area contributed by atoms with Crippen molar-refractivity contribution < 1.29 is 14.3 Å². The zero-order chi connectivity index (χ0) is 14.1. The van der Waals surface area contributed by atoms with E-state index in [0.717, 1.165) is 4.90 Å². The Balaban J connectivity index is 1.91. The van der Waals surface area contributed by atoms with Gasteiger partial charge in [0.25, 0.3) is 11.8 Å². The largest absolute Gasteiger partial charge is 0.383 e. The Morgan fingerprint density at radius 2 is 1.80 bits per heavy atom. The van der Waals surface area contributed by atoms with Crippen molar-refractivity contribution in [1.29, 1.82) is 0 Å². The first-order valence-corrected chi connectivity index (χ1v) is 6.09. The van der Waals surface area contributed by atoms with Gasteiger partial charge in [0.2, 0.25) is 0 Å². The highest BCUT2D eigenvalue weighted by atomic mass is 16.5. The second-order valence-electron chi connectivity index (χ2n) is 4.32. The highest BCUT2D eigenvalue weighted by Gasteiger charge is 2.37. The fourth-order valence-corrected chi connectivity index (χ4v) is 2.08. The van der Waals surface area contributed by atoms with Crippen molar-refractivity contribution in [2.24, 2.45) is 0 Å². The van der Waals surface area contributed by atoms with E-state index in [1.807, 2.05) is 0 Å². The Bertz CT molecular complexity index is 645. The summed E-state index contributed by atoms with van der Waals surface area (Å²) in [6.07, 6.45) is 1.56. The molecule has 0 saturated heterocycles. The number of carbonyl (C=O) groups is 2. The summed E-state index contributed by atoms with van der Waals surface area (Å²) in [5, 5.41) is 7.75. The average molecular weight is 272 g/mol. The predicted molar refractivity (Wildman–Crippen MR) is 69.5 cm³/mol. The summed E-state index contributed by atoms with van der Waals surface area (Å²) >= 11 is 0. The van der Waals surface area contributed by atoms with Crippen molar-refractivity contribution in [2.45, 2.75) is 6.54 Å². The molecule has 0 aliphatic carbocycles. The number of methoxy groups -OCH3 is 1. The Kier molecular flexibility index (Phi) is 3.03. The molecule has 1 aromatic heterocycles. The maximum absolute atomic E-state index is 12.2. The summed E-state index contributed by atoms with van der Waals surface area (Å²) in [6.45, 7) is 0.984. The molecule has 7 nitrogen and oxygen atoms in total. The minimum atomic E-state index is -0.371. The molecule has 3 rings (SSSR count). The van der Waals surface area contributed by atoms with Crippen LogP contribution in [0.3, 0.4) is 0 Å². The second kappa shape index (κ2) is 4.86. The van der Waals surface area contributed by atoms with Gasteiger partial charge in [-0.1, -0.05) is 17.3 Å². The van der Waals surface area contributed by atoms with E-state index in [1.165, 1.54) is 4.68 Å². The van der Waals surface area contributed by atoms with Gasteiger partial charge in [0.1, 0.15) is 0 Å². The minimum absolute atomic E-state index is 0.229. The predicted octanol–water partition coefficient (Wildman–Crippen LogP) is 0.725. The van der Waals surface area contributed by atoms with Crippen LogP contribution in [0.15, 0.2) is 30.5 Å². The topological polar surface area (TPSA) is 77.3 Å². The van der Waals surface area contributed by atoms with E-state index >= 15 is 0 Å². The van der Waals surface area contributed by atoms with Crippen molar-refractivity contribution in [3.63, 3.8) is 0 Å². The van der Waals surface area contributed by atoms with Gasteiger partial charge in [0.05, 0.1) is 30.5 Å². The van der Waals surface area contributed by atoms with E-state index in [-0.39, 0.29) is 17.6 Å². The van der Waals surface area contributed by atoms with Gasteiger partial charge < -0.3 is 4.74 Å². The molecule has 0 fully saturated rings. The molecule has 2 amide bonds. The fourth-order valence-electron chi connectivity index (χ4n) is 2.08. The number of benzene rings is 1. The summed E-state index contributed by atoms with van der Waals surface area (Å²) in [4.78, 5) is 25.5. The van der Waals surface area contributed by atoms with Crippen LogP contribution in [-0.2, 0) is 11.3 Å². The molecule has 7 heteroatoms. The summed E-state index contributed by atoms with van der Waals surface area (Å²) in [5.41, 5.74) is 0.785. The van der Waals surface area contributed by atoms with Crippen LogP contribution in [0.4, 0.5) is 5.82 Å². The Hall–Kier alpha value is -2.54. The van der Waals surface area contributed by atoms with Crippen LogP contribution in [0.25, 0.3) is 0 Å². The number of hydrogen-bond donors (Lipinski definition) is 0. The van der Waals surface area contributed by atoms with Gasteiger partial charge in [-0.2, -0.15) is 0 Å². The Morgan fingerprint density at radius 3 is 2.40 bits per heavy atom. The molecule has 0 saturated carbocycles. The van der Waals surface area contributed by atoms with Crippen LogP contribution in [0.5, 0.6) is 0 Å². The van der Waals surface area contributed by atoms with E-state index in [1.54, 1.807) is 37.6 Å². The third-order valence-electron chi connectivity index (χ3n) is 3.07. The number of nitrogens with zero attached hydrogens (tertiary/aromatic N) is 4. The molecule has 0 unspecified atom stereocenters. The number of ether oxygens (including phenoxy) is 1. The van der Waals surface area contributed by atoms with Crippen molar-refractivity contribution in [2.75, 3.05) is 18.6 Å². The first-order valence-electron chi connectivity index (χ1n) is 6.09. The summed E-state index contributed by atoms with van der Waals surface area (Å²) in [5.74, 6) is -0.513. The third-order valence-corrected chi connectivity index (χ3v) is 3.07. The molecule has 1 aromatic carbocycles. The first-order chi connectivity index (χ1) is 9.72. The van der Waals surface area contributed by atoms with Crippen LogP contribution in [0.1, 0.15) is 20.7 Å². The average Bonchev–Trinajstić information content (AvgIpc) is 3.02. The Labute approximate surface area is 114 Å². The highest BCUT2D eigenvalue weighted by molar-refractivity contribution is 6.34. The van der Waals surface area contributed by atoms with Crippen LogP contribution in [0.2, 0.25) is 0 Å². The van der Waals surface area contributed by atoms with E-state index < -0.39 is 0 Å². The van der Waals surface area contributed by atoms with Gasteiger partial charge in [0.15, 0.2) is 5.82 Å². The zero-order valence-corrected chi connectivity index (χ0v) is 10.8. The lowest BCUT2D eigenvalue weighted by atomic mass is 10.1. The normalized spacial score (nSPS) is 13.9. The number of imide groups is 1. The van der Waals surface area contributed by atoms with Crippen molar-refractivity contribution in [3.05, 3.63) is 41.6 Å². The van der Waals surface area contributed by atoms with E-state index in [2.05, 4.69) is 10.3 Å². The molecule has 102 valence electrons. The molecule has 0 atom stereocenters. The SMILES string of the molecule is COCCn1cc(N2C(=O)c3ccccc3C2=O)nn1. The maximum atomic E-state index is 12.2. The van der Waals surface area contributed by atoms with Gasteiger partial charge in [-0.05, 0) is 12.1 Å². The van der Waals surface area contributed by atoms with E-state index in [4.69, 9.17) is 4.74 Å². The number of carbonyl (C=O) groups excluding carboxylic acids is 2. The number of anilines is 1. The monoisotopic (exact) mass is 272 g/mol. The van der Waals surface area contributed by atoms with Crippen molar-refractivity contribution in [3.8, 4) is 0 Å². The number of rotatable bonds is 4. The van der Waals surface area contributed by atoms with Gasteiger partial charge in [-0.15, -0.1) is 5.10 Å². The smallest absolute Gasteiger partial charge is 0.267 e. The van der Waals surface area contributed by atoms with Gasteiger partial charge in [-0.25, -0.2) is 9.58 Å². The molecule has 1 aliphatic rings. The van der Waals surface area contributed by atoms with E-state index in [0.29, 0.717) is 24.3 Å². The molecule has 2 aromatic rings. The van der Waals surface area contributed by atoms with Crippen LogP contribution >= 0.6 is 0 Å². The number of aromatic nitrogens is 3. The first kappa shape index (κ1) is 12.5. The fraction of sp³-hybridized carbons (Fsp3) is 0.231. The Morgan fingerprint density at radius 1 is 1.15 bits per heavy atom. The lowest BCUT2D eigenvalue weighted by Crippen LogP contribution is -2.29. The van der Waals surface area contributed by atoms with Gasteiger partial charge >= 0.3 is 0 Å². The standard InChI is InChI=1S/C13H12N4O3/c1-20-7-6-16-8-11(14-15-16)17-12(18)9-4-2-3-5-10(9)13(17)19/h2-5,8H,6-7H2,1H3. The summed E-state index contributed by atoms with van der Waals surface area (Å²) < 4.78 is 6.47. The maximum Gasteiger partial charge on any atom is 0.267 e. The molecule has 2 heterocycles. The van der Waals surface area contributed by atoms with Crippen LogP contribution in [0, 0.1) is 0 Å².